The molecule has 0 bridgehead atoms. The first-order valence-electron chi connectivity index (χ1n) is 5.90. The number of rotatable bonds is 7. The third-order valence-corrected chi connectivity index (χ3v) is 3.24. The van der Waals surface area contributed by atoms with Crippen molar-refractivity contribution in [3.8, 4) is 0 Å². The number of aliphatic hydroxyl groups is 2. The summed E-state index contributed by atoms with van der Waals surface area (Å²) in [7, 11) is 0. The number of unbranched alkanes of at least 4 members (excludes halogenated alkanes) is 1. The van der Waals surface area contributed by atoms with E-state index in [4.69, 9.17) is 0 Å². The smallest absolute Gasteiger partial charge is 0.0618 e. The highest BCUT2D eigenvalue weighted by molar-refractivity contribution is 4.76. The molecule has 0 spiro atoms. The lowest BCUT2D eigenvalue weighted by molar-refractivity contribution is -0.00694. The van der Waals surface area contributed by atoms with Gasteiger partial charge in [0.2, 0.25) is 0 Å². The highest BCUT2D eigenvalue weighted by atomic mass is 16.3. The van der Waals surface area contributed by atoms with Crippen LogP contribution in [-0.2, 0) is 0 Å². The first kappa shape index (κ1) is 13.9. The van der Waals surface area contributed by atoms with Crippen molar-refractivity contribution in [1.29, 1.82) is 0 Å². The van der Waals surface area contributed by atoms with Crippen LogP contribution in [0.4, 0.5) is 0 Å². The molecule has 0 aromatic rings. The molecule has 0 aliphatic carbocycles. The maximum Gasteiger partial charge on any atom is 0.0618 e. The average Bonchev–Trinajstić information content (AvgIpc) is 2.17. The molecule has 0 fully saturated rings. The molecule has 0 aliphatic heterocycles. The molecule has 0 amide bonds. The van der Waals surface area contributed by atoms with Gasteiger partial charge in [-0.1, -0.05) is 40.0 Å². The summed E-state index contributed by atoms with van der Waals surface area (Å²) >= 11 is 0. The maximum absolute atomic E-state index is 10.0. The van der Waals surface area contributed by atoms with E-state index in [2.05, 4.69) is 13.8 Å². The van der Waals surface area contributed by atoms with Gasteiger partial charge in [-0.15, -0.1) is 0 Å². The Morgan fingerprint density at radius 2 is 1.64 bits per heavy atom. The van der Waals surface area contributed by atoms with E-state index in [0.717, 1.165) is 12.8 Å². The van der Waals surface area contributed by atoms with Crippen LogP contribution < -0.4 is 0 Å². The van der Waals surface area contributed by atoms with Crippen molar-refractivity contribution < 1.29 is 10.2 Å². The van der Waals surface area contributed by atoms with Gasteiger partial charge in [0.15, 0.2) is 0 Å². The van der Waals surface area contributed by atoms with Crippen LogP contribution in [0.5, 0.6) is 0 Å². The minimum absolute atomic E-state index is 0.0168. The standard InChI is InChI=1S/C12H26O2/c1-5-7-8-11(6-2)12(14)9(3)10(4)13/h9-14H,5-8H2,1-4H3. The molecule has 0 aromatic carbocycles. The number of aliphatic hydroxyl groups excluding tert-OH is 2. The fourth-order valence-corrected chi connectivity index (χ4v) is 1.80. The predicted octanol–water partition coefficient (Wildman–Crippen LogP) is 2.58. The zero-order valence-electron chi connectivity index (χ0n) is 10.0. The topological polar surface area (TPSA) is 40.5 Å². The van der Waals surface area contributed by atoms with Gasteiger partial charge in [-0.25, -0.2) is 0 Å². The van der Waals surface area contributed by atoms with E-state index in [0.29, 0.717) is 5.92 Å². The summed E-state index contributed by atoms with van der Waals surface area (Å²) in [5.74, 6) is 0.330. The molecule has 2 N–H and O–H groups in total. The van der Waals surface area contributed by atoms with E-state index in [1.54, 1.807) is 6.92 Å². The van der Waals surface area contributed by atoms with Crippen LogP contribution in [-0.4, -0.2) is 22.4 Å². The zero-order chi connectivity index (χ0) is 11.1. The lowest BCUT2D eigenvalue weighted by Crippen LogP contribution is -2.33. The van der Waals surface area contributed by atoms with Gasteiger partial charge in [0.1, 0.15) is 0 Å². The van der Waals surface area contributed by atoms with E-state index < -0.39 is 6.10 Å². The second-order valence-corrected chi connectivity index (χ2v) is 4.40. The number of hydrogen-bond acceptors (Lipinski definition) is 2. The van der Waals surface area contributed by atoms with Crippen molar-refractivity contribution in [3.05, 3.63) is 0 Å². The van der Waals surface area contributed by atoms with Crippen LogP contribution >= 0.6 is 0 Å². The molecule has 4 atom stereocenters. The minimum Gasteiger partial charge on any atom is -0.393 e. The van der Waals surface area contributed by atoms with Gasteiger partial charge in [-0.3, -0.25) is 0 Å². The Bertz CT molecular complexity index is 134. The molecule has 0 aliphatic rings. The summed E-state index contributed by atoms with van der Waals surface area (Å²) in [6.07, 6.45) is 3.64. The van der Waals surface area contributed by atoms with Crippen molar-refractivity contribution >= 4 is 0 Å². The van der Waals surface area contributed by atoms with Crippen LogP contribution in [0.25, 0.3) is 0 Å². The fraction of sp³-hybridized carbons (Fsp3) is 1.00. The molecule has 4 unspecified atom stereocenters. The molecular weight excluding hydrogens is 176 g/mol. The fourth-order valence-electron chi connectivity index (χ4n) is 1.80. The van der Waals surface area contributed by atoms with Gasteiger partial charge < -0.3 is 10.2 Å². The predicted molar refractivity (Wildman–Crippen MR) is 60.2 cm³/mol. The Hall–Kier alpha value is -0.0800. The van der Waals surface area contributed by atoms with Gasteiger partial charge in [-0.2, -0.15) is 0 Å². The van der Waals surface area contributed by atoms with Crippen LogP contribution in [0.2, 0.25) is 0 Å². The second kappa shape index (κ2) is 7.24. The number of hydrogen-bond donors (Lipinski definition) is 2. The average molecular weight is 202 g/mol. The van der Waals surface area contributed by atoms with Crippen LogP contribution in [0.3, 0.4) is 0 Å². The van der Waals surface area contributed by atoms with Gasteiger partial charge in [-0.05, 0) is 19.3 Å². The molecule has 14 heavy (non-hydrogen) atoms. The summed E-state index contributed by atoms with van der Waals surface area (Å²) in [5.41, 5.74) is 0. The lowest BCUT2D eigenvalue weighted by atomic mass is 9.84. The molecular formula is C12H26O2. The molecule has 0 rings (SSSR count). The molecule has 2 nitrogen and oxygen atoms in total. The van der Waals surface area contributed by atoms with Crippen molar-refractivity contribution in [3.63, 3.8) is 0 Å². The normalized spacial score (nSPS) is 20.1. The highest BCUT2D eigenvalue weighted by Gasteiger charge is 2.25. The van der Waals surface area contributed by atoms with E-state index >= 15 is 0 Å². The monoisotopic (exact) mass is 202 g/mol. The summed E-state index contributed by atoms with van der Waals surface area (Å²) in [5, 5.41) is 19.4. The Morgan fingerprint density at radius 1 is 1.07 bits per heavy atom. The Balaban J connectivity index is 4.08. The van der Waals surface area contributed by atoms with E-state index in [9.17, 15) is 10.2 Å². The molecule has 0 heterocycles. The van der Waals surface area contributed by atoms with E-state index in [1.807, 2.05) is 6.92 Å². The van der Waals surface area contributed by atoms with Gasteiger partial charge >= 0.3 is 0 Å². The summed E-state index contributed by atoms with van der Waals surface area (Å²) in [6, 6.07) is 0. The Morgan fingerprint density at radius 3 is 2.00 bits per heavy atom. The maximum atomic E-state index is 10.0. The zero-order valence-corrected chi connectivity index (χ0v) is 10.0. The van der Waals surface area contributed by atoms with Crippen LogP contribution in [0.1, 0.15) is 53.4 Å². The summed E-state index contributed by atoms with van der Waals surface area (Å²) < 4.78 is 0. The van der Waals surface area contributed by atoms with Crippen LogP contribution in [0.15, 0.2) is 0 Å². The van der Waals surface area contributed by atoms with Gasteiger partial charge in [0.25, 0.3) is 0 Å². The summed E-state index contributed by atoms with van der Waals surface area (Å²) in [4.78, 5) is 0. The molecule has 0 saturated heterocycles. The third kappa shape index (κ3) is 4.43. The van der Waals surface area contributed by atoms with E-state index in [-0.39, 0.29) is 12.0 Å². The van der Waals surface area contributed by atoms with Crippen LogP contribution in [0, 0.1) is 11.8 Å². The van der Waals surface area contributed by atoms with Crippen molar-refractivity contribution in [2.75, 3.05) is 0 Å². The Kier molecular flexibility index (Phi) is 7.20. The van der Waals surface area contributed by atoms with Gasteiger partial charge in [0.05, 0.1) is 12.2 Å². The highest BCUT2D eigenvalue weighted by Crippen LogP contribution is 2.23. The van der Waals surface area contributed by atoms with Gasteiger partial charge in [0, 0.05) is 5.92 Å². The lowest BCUT2D eigenvalue weighted by Gasteiger charge is -2.28. The van der Waals surface area contributed by atoms with Crippen molar-refractivity contribution in [1.82, 2.24) is 0 Å². The molecule has 0 saturated carbocycles. The molecule has 0 radical (unpaired) electrons. The second-order valence-electron chi connectivity index (χ2n) is 4.40. The van der Waals surface area contributed by atoms with Crippen molar-refractivity contribution in [2.45, 2.75) is 65.6 Å². The Labute approximate surface area is 88.3 Å². The minimum atomic E-state index is -0.416. The molecule has 0 aromatic heterocycles. The molecule has 86 valence electrons. The third-order valence-electron chi connectivity index (χ3n) is 3.24. The first-order valence-corrected chi connectivity index (χ1v) is 5.90. The van der Waals surface area contributed by atoms with Crippen molar-refractivity contribution in [2.24, 2.45) is 11.8 Å². The molecule has 2 heteroatoms. The van der Waals surface area contributed by atoms with E-state index in [1.165, 1.54) is 12.8 Å². The first-order chi connectivity index (χ1) is 6.54. The largest absolute Gasteiger partial charge is 0.393 e. The quantitative estimate of drug-likeness (QED) is 0.666. The summed E-state index contributed by atoms with van der Waals surface area (Å²) in [6.45, 7) is 7.94. The SMILES string of the molecule is CCCCC(CC)C(O)C(C)C(C)O.